The second kappa shape index (κ2) is 5.59. The average Bonchev–Trinajstić information content (AvgIpc) is 2.28. The molecule has 2 nitrogen and oxygen atoms in total. The van der Waals surface area contributed by atoms with Gasteiger partial charge in [-0.05, 0) is 13.0 Å². The zero-order valence-corrected chi connectivity index (χ0v) is 10.6. The molecule has 1 saturated heterocycles. The van der Waals surface area contributed by atoms with Crippen LogP contribution < -0.4 is 0 Å². The van der Waals surface area contributed by atoms with Crippen molar-refractivity contribution in [2.75, 3.05) is 31.3 Å². The minimum atomic E-state index is -0.372. The number of hydrogen-bond acceptors (Lipinski definition) is 3. The Hall–Kier alpha value is 0.560. The molecule has 0 aromatic carbocycles. The molecular weight excluding hydrogens is 218 g/mol. The fourth-order valence-electron chi connectivity index (χ4n) is 1.59. The zero-order chi connectivity index (χ0) is 10.6. The molecule has 1 aliphatic heterocycles. The number of hydrogen-bond donors (Lipinski definition) is 1. The molecule has 0 aromatic rings. The number of halogens is 1. The smallest absolute Gasteiger partial charge is 0.0802 e. The standard InChI is InChI=1S/C10H20ClNOS/c1-10(2)3-4-12(5-6-14-10)8-9(13)7-11/h9,13H,3-8H2,1-2H3. The van der Waals surface area contributed by atoms with E-state index in [4.69, 9.17) is 11.6 Å². The Morgan fingerprint density at radius 3 is 2.86 bits per heavy atom. The fourth-order valence-corrected chi connectivity index (χ4v) is 2.83. The van der Waals surface area contributed by atoms with Crippen molar-refractivity contribution in [1.29, 1.82) is 0 Å². The Labute approximate surface area is 96.0 Å². The molecule has 0 bridgehead atoms. The average molecular weight is 238 g/mol. The van der Waals surface area contributed by atoms with Gasteiger partial charge in [-0.2, -0.15) is 11.8 Å². The van der Waals surface area contributed by atoms with Crippen LogP contribution in [0.4, 0.5) is 0 Å². The lowest BCUT2D eigenvalue weighted by Gasteiger charge is -2.23. The van der Waals surface area contributed by atoms with Gasteiger partial charge >= 0.3 is 0 Å². The van der Waals surface area contributed by atoms with E-state index in [1.54, 1.807) is 0 Å². The number of β-amino-alcohol motifs (C(OH)–C–C–N with tert-alkyl or cyclic N) is 1. The molecule has 0 amide bonds. The molecule has 1 fully saturated rings. The van der Waals surface area contributed by atoms with E-state index in [0.717, 1.165) is 25.4 Å². The largest absolute Gasteiger partial charge is 0.391 e. The normalized spacial score (nSPS) is 25.7. The highest BCUT2D eigenvalue weighted by Gasteiger charge is 2.24. The van der Waals surface area contributed by atoms with Gasteiger partial charge in [-0.15, -0.1) is 11.6 Å². The van der Waals surface area contributed by atoms with Crippen molar-refractivity contribution in [3.63, 3.8) is 0 Å². The lowest BCUT2D eigenvalue weighted by Crippen LogP contribution is -2.35. The molecule has 1 atom stereocenters. The van der Waals surface area contributed by atoms with Crippen LogP contribution in [-0.4, -0.2) is 52.1 Å². The van der Waals surface area contributed by atoms with E-state index in [1.807, 2.05) is 11.8 Å². The summed E-state index contributed by atoms with van der Waals surface area (Å²) < 4.78 is 0.390. The number of aliphatic hydroxyl groups excluding tert-OH is 1. The van der Waals surface area contributed by atoms with E-state index in [0.29, 0.717) is 10.6 Å². The minimum Gasteiger partial charge on any atom is -0.391 e. The molecule has 1 rings (SSSR count). The van der Waals surface area contributed by atoms with E-state index in [9.17, 15) is 5.11 Å². The van der Waals surface area contributed by atoms with Gasteiger partial charge in [0.1, 0.15) is 0 Å². The van der Waals surface area contributed by atoms with Crippen LogP contribution in [0.2, 0.25) is 0 Å². The predicted octanol–water partition coefficient (Wildman–Crippen LogP) is 1.80. The molecule has 1 unspecified atom stereocenters. The molecule has 4 heteroatoms. The Balaban J connectivity index is 2.35. The van der Waals surface area contributed by atoms with Crippen molar-refractivity contribution in [1.82, 2.24) is 4.90 Å². The van der Waals surface area contributed by atoms with Gasteiger partial charge in [0.15, 0.2) is 0 Å². The highest BCUT2D eigenvalue weighted by molar-refractivity contribution is 8.00. The maximum Gasteiger partial charge on any atom is 0.0802 e. The number of rotatable bonds is 3. The van der Waals surface area contributed by atoms with E-state index in [-0.39, 0.29) is 6.10 Å². The maximum absolute atomic E-state index is 9.45. The van der Waals surface area contributed by atoms with Crippen molar-refractivity contribution in [2.45, 2.75) is 31.1 Å². The lowest BCUT2D eigenvalue weighted by molar-refractivity contribution is 0.132. The summed E-state index contributed by atoms with van der Waals surface area (Å²) >= 11 is 7.61. The van der Waals surface area contributed by atoms with Crippen LogP contribution in [0.1, 0.15) is 20.3 Å². The highest BCUT2D eigenvalue weighted by Crippen LogP contribution is 2.30. The van der Waals surface area contributed by atoms with Crippen LogP contribution in [0, 0.1) is 0 Å². The van der Waals surface area contributed by atoms with Crippen molar-refractivity contribution in [2.24, 2.45) is 0 Å². The first-order chi connectivity index (χ1) is 6.53. The molecule has 0 spiro atoms. The number of thioether (sulfide) groups is 1. The van der Waals surface area contributed by atoms with Crippen molar-refractivity contribution >= 4 is 23.4 Å². The van der Waals surface area contributed by atoms with Gasteiger partial charge in [-0.1, -0.05) is 13.8 Å². The zero-order valence-electron chi connectivity index (χ0n) is 9.00. The summed E-state index contributed by atoms with van der Waals surface area (Å²) in [5.41, 5.74) is 0. The van der Waals surface area contributed by atoms with Crippen LogP contribution in [0.25, 0.3) is 0 Å². The summed E-state index contributed by atoms with van der Waals surface area (Å²) in [6, 6.07) is 0. The van der Waals surface area contributed by atoms with Gasteiger partial charge in [0, 0.05) is 29.5 Å². The van der Waals surface area contributed by atoms with Crippen LogP contribution in [0.15, 0.2) is 0 Å². The second-order valence-corrected chi connectivity index (χ2v) is 6.58. The van der Waals surface area contributed by atoms with Crippen molar-refractivity contribution < 1.29 is 5.11 Å². The third-order valence-corrected chi connectivity index (χ3v) is 4.31. The summed E-state index contributed by atoms with van der Waals surface area (Å²) in [6.45, 7) is 7.45. The van der Waals surface area contributed by atoms with Crippen LogP contribution in [-0.2, 0) is 0 Å². The van der Waals surface area contributed by atoms with Gasteiger partial charge < -0.3 is 5.11 Å². The Morgan fingerprint density at radius 2 is 2.21 bits per heavy atom. The molecule has 0 saturated carbocycles. The molecule has 0 radical (unpaired) electrons. The van der Waals surface area contributed by atoms with E-state index in [2.05, 4.69) is 18.7 Å². The van der Waals surface area contributed by atoms with E-state index >= 15 is 0 Å². The minimum absolute atomic E-state index is 0.340. The third kappa shape index (κ3) is 4.39. The molecule has 1 aliphatic rings. The molecule has 1 heterocycles. The summed E-state index contributed by atoms with van der Waals surface area (Å²) in [5, 5.41) is 9.45. The topological polar surface area (TPSA) is 23.5 Å². The van der Waals surface area contributed by atoms with Gasteiger partial charge in [-0.25, -0.2) is 0 Å². The van der Waals surface area contributed by atoms with E-state index < -0.39 is 0 Å². The third-order valence-electron chi connectivity index (χ3n) is 2.58. The van der Waals surface area contributed by atoms with Crippen LogP contribution in [0.5, 0.6) is 0 Å². The first-order valence-electron chi connectivity index (χ1n) is 5.14. The molecular formula is C10H20ClNOS. The summed E-state index contributed by atoms with van der Waals surface area (Å²) in [5.74, 6) is 1.50. The van der Waals surface area contributed by atoms with Gasteiger partial charge in [0.05, 0.1) is 6.10 Å². The Bertz CT molecular complexity index is 178. The van der Waals surface area contributed by atoms with Gasteiger partial charge in [0.2, 0.25) is 0 Å². The lowest BCUT2D eigenvalue weighted by atomic mass is 10.1. The molecule has 0 aliphatic carbocycles. The summed E-state index contributed by atoms with van der Waals surface area (Å²) in [6.07, 6.45) is 0.815. The molecule has 0 aromatic heterocycles. The Kier molecular flexibility index (Phi) is 5.04. The fraction of sp³-hybridized carbons (Fsp3) is 1.00. The van der Waals surface area contributed by atoms with Crippen molar-refractivity contribution in [3.8, 4) is 0 Å². The van der Waals surface area contributed by atoms with Gasteiger partial charge in [0.25, 0.3) is 0 Å². The SMILES string of the molecule is CC1(C)CCN(CC(O)CCl)CCS1. The van der Waals surface area contributed by atoms with Gasteiger partial charge in [-0.3, -0.25) is 4.90 Å². The highest BCUT2D eigenvalue weighted by atomic mass is 35.5. The first kappa shape index (κ1) is 12.6. The quantitative estimate of drug-likeness (QED) is 0.758. The van der Waals surface area contributed by atoms with Crippen LogP contribution >= 0.6 is 23.4 Å². The monoisotopic (exact) mass is 237 g/mol. The molecule has 84 valence electrons. The van der Waals surface area contributed by atoms with Crippen molar-refractivity contribution in [3.05, 3.63) is 0 Å². The summed E-state index contributed by atoms with van der Waals surface area (Å²) in [7, 11) is 0. The van der Waals surface area contributed by atoms with E-state index in [1.165, 1.54) is 6.42 Å². The molecule has 1 N–H and O–H groups in total. The predicted molar refractivity (Wildman–Crippen MR) is 64.3 cm³/mol. The number of alkyl halides is 1. The second-order valence-electron chi connectivity index (χ2n) is 4.47. The first-order valence-corrected chi connectivity index (χ1v) is 6.66. The molecule has 14 heavy (non-hydrogen) atoms. The Morgan fingerprint density at radius 1 is 1.50 bits per heavy atom. The number of nitrogens with zero attached hydrogens (tertiary/aromatic N) is 1. The maximum atomic E-state index is 9.45. The van der Waals surface area contributed by atoms with Crippen LogP contribution in [0.3, 0.4) is 0 Å². The summed E-state index contributed by atoms with van der Waals surface area (Å²) in [4.78, 5) is 2.31. The number of aliphatic hydroxyl groups is 1.